The van der Waals surface area contributed by atoms with Crippen molar-refractivity contribution in [3.8, 4) is 0 Å². The molecule has 1 aliphatic heterocycles. The lowest BCUT2D eigenvalue weighted by Gasteiger charge is -2.48. The maximum atomic E-state index is 12.9. The molecule has 2 heterocycles. The first-order valence-corrected chi connectivity index (χ1v) is 13.1. The van der Waals surface area contributed by atoms with Gasteiger partial charge in [0.25, 0.3) is 0 Å². The van der Waals surface area contributed by atoms with Crippen LogP contribution >= 0.6 is 11.3 Å². The molecule has 0 radical (unpaired) electrons. The van der Waals surface area contributed by atoms with Crippen LogP contribution < -0.4 is 17.5 Å². The first-order chi connectivity index (χ1) is 14.9. The summed E-state index contributed by atoms with van der Waals surface area (Å²) in [6.45, 7) is 5.59. The molecule has 0 N–H and O–H groups in total. The van der Waals surface area contributed by atoms with Crippen LogP contribution in [0.1, 0.15) is 31.1 Å². The average molecular weight is 514 g/mol. The number of benzene rings is 1. The summed E-state index contributed by atoms with van der Waals surface area (Å²) in [4.78, 5) is 18.9. The van der Waals surface area contributed by atoms with Crippen LogP contribution in [-0.4, -0.2) is 49.7 Å². The monoisotopic (exact) mass is 513 g/mol. The molecule has 7 nitrogen and oxygen atoms in total. The van der Waals surface area contributed by atoms with Crippen molar-refractivity contribution < 1.29 is 36.9 Å². The maximum Gasteiger partial charge on any atom is 0.227 e. The Morgan fingerprint density at radius 2 is 1.81 bits per heavy atom. The van der Waals surface area contributed by atoms with Crippen LogP contribution in [0.5, 0.6) is 0 Å². The van der Waals surface area contributed by atoms with Crippen molar-refractivity contribution in [3.63, 3.8) is 0 Å². The average Bonchev–Trinajstić information content (AvgIpc) is 3.28. The Morgan fingerprint density at radius 1 is 1.16 bits per heavy atom. The number of para-hydroxylation sites is 1. The second-order valence-electron chi connectivity index (χ2n) is 7.44. The highest BCUT2D eigenvalue weighted by Gasteiger charge is 2.42. The molecule has 0 aliphatic carbocycles. The molecule has 3 rings (SSSR count). The molecule has 1 amide bonds. The van der Waals surface area contributed by atoms with E-state index in [1.165, 1.54) is 4.88 Å². The van der Waals surface area contributed by atoms with Crippen molar-refractivity contribution >= 4 is 22.9 Å². The van der Waals surface area contributed by atoms with E-state index < -0.39 is 14.8 Å². The van der Waals surface area contributed by atoms with Crippen molar-refractivity contribution in [2.75, 3.05) is 38.3 Å². The molecule has 0 bridgehead atoms. The number of ether oxygens (including phenoxy) is 1. The minimum Gasteiger partial charge on any atom is -0.405 e. The summed E-state index contributed by atoms with van der Waals surface area (Å²) in [5.41, 5.74) is 0.719. The van der Waals surface area contributed by atoms with Gasteiger partial charge in [0, 0.05) is 43.7 Å². The molecular formula is C22H30BrN2O5S-. The summed E-state index contributed by atoms with van der Waals surface area (Å²) in [6.07, 6.45) is 3.48. The second-order valence-corrected chi connectivity index (χ2v) is 9.26. The van der Waals surface area contributed by atoms with E-state index in [0.29, 0.717) is 13.0 Å². The third-order valence-electron chi connectivity index (χ3n) is 5.49. The van der Waals surface area contributed by atoms with Gasteiger partial charge in [0.15, 0.2) is 0 Å². The van der Waals surface area contributed by atoms with E-state index in [4.69, 9.17) is 17.3 Å². The molecule has 9 heteroatoms. The number of nitrogens with zero attached hydrogens (tertiary/aromatic N) is 2. The smallest absolute Gasteiger partial charge is 0.227 e. The molecule has 1 aromatic heterocycles. The predicted molar refractivity (Wildman–Crippen MR) is 113 cm³/mol. The molecule has 172 valence electrons. The largest absolute Gasteiger partial charge is 0.405 e. The number of carbonyl (C=O) groups excluding carboxylic acids is 1. The Kier molecular flexibility index (Phi) is 11.1. The van der Waals surface area contributed by atoms with Gasteiger partial charge in [-0.05, 0) is 42.8 Å². The molecule has 0 spiro atoms. The zero-order valence-corrected chi connectivity index (χ0v) is 20.4. The quantitative estimate of drug-likeness (QED) is 0.513. The number of carbonyl (C=O) groups is 1. The highest BCUT2D eigenvalue weighted by molar-refractivity contribution is 7.09. The summed E-state index contributed by atoms with van der Waals surface area (Å²) in [5.74, 6) is 0.172. The van der Waals surface area contributed by atoms with Crippen LogP contribution in [0.2, 0.25) is 0 Å². The van der Waals surface area contributed by atoms with Crippen molar-refractivity contribution in [2.45, 2.75) is 38.1 Å². The number of methoxy groups -OCH3 is 1. The van der Waals surface area contributed by atoms with Gasteiger partial charge < -0.3 is 27.1 Å². The van der Waals surface area contributed by atoms with Crippen molar-refractivity contribution in [2.24, 2.45) is 0 Å². The molecule has 0 atom stereocenters. The topological polar surface area (TPSA) is 102 Å². The van der Waals surface area contributed by atoms with Crippen LogP contribution in [0.3, 0.4) is 0 Å². The molecule has 1 fully saturated rings. The fourth-order valence-corrected chi connectivity index (χ4v) is 4.73. The number of thiophene rings is 1. The third-order valence-corrected chi connectivity index (χ3v) is 6.43. The summed E-state index contributed by atoms with van der Waals surface area (Å²) >= 11 is -1.82. The first-order valence-electron chi connectivity index (χ1n) is 10.3. The van der Waals surface area contributed by atoms with Gasteiger partial charge in [-0.3, -0.25) is 4.79 Å². The van der Waals surface area contributed by atoms with E-state index in [-0.39, 0.29) is 11.4 Å². The Labute approximate surface area is 193 Å². The number of amides is 1. The van der Waals surface area contributed by atoms with Crippen LogP contribution in [-0.2, 0) is 16.0 Å². The highest BCUT2D eigenvalue weighted by atomic mass is 80.0. The minimum absolute atomic E-state index is 0.172. The third kappa shape index (κ3) is 7.94. The van der Waals surface area contributed by atoms with Crippen molar-refractivity contribution in [1.82, 2.24) is 4.90 Å². The van der Waals surface area contributed by atoms with E-state index in [0.717, 1.165) is 44.6 Å². The Hall–Kier alpha value is -1.33. The molecule has 1 saturated heterocycles. The van der Waals surface area contributed by atoms with Gasteiger partial charge in [0.2, 0.25) is 20.7 Å². The van der Waals surface area contributed by atoms with Crippen LogP contribution in [0.25, 0.3) is 0 Å². The molecule has 0 saturated carbocycles. The summed E-state index contributed by atoms with van der Waals surface area (Å²) < 4.78 is 31.2. The van der Waals surface area contributed by atoms with Gasteiger partial charge >= 0.3 is 0 Å². The standard InChI is InChI=1S/C22H30N2O2S.BrO3/c1-3-21(25)24(19-8-5-4-6-9-19)22(18-26-2)12-15-23(16-13-22)14-11-20-10-7-17-27-20;2-1(3)4/h4-10,17H,3,11-16,18H2,1-2H3;/q;-1. The lowest BCUT2D eigenvalue weighted by Crippen LogP contribution is -2.60. The van der Waals surface area contributed by atoms with E-state index in [9.17, 15) is 4.79 Å². The summed E-state index contributed by atoms with van der Waals surface area (Å²) in [5, 5.41) is 2.14. The molecule has 31 heavy (non-hydrogen) atoms. The Morgan fingerprint density at radius 3 is 2.32 bits per heavy atom. The van der Waals surface area contributed by atoms with Crippen LogP contribution in [0.4, 0.5) is 5.69 Å². The minimum atomic E-state index is -3.65. The zero-order chi connectivity index (χ0) is 22.7. The lowest BCUT2D eigenvalue weighted by molar-refractivity contribution is -1.73. The van der Waals surface area contributed by atoms with Crippen LogP contribution in [0.15, 0.2) is 47.8 Å². The van der Waals surface area contributed by atoms with Gasteiger partial charge in [-0.25, -0.2) is 0 Å². The normalized spacial score (nSPS) is 15.9. The van der Waals surface area contributed by atoms with Gasteiger partial charge in [-0.1, -0.05) is 31.2 Å². The first kappa shape index (κ1) is 25.9. The zero-order valence-electron chi connectivity index (χ0n) is 18.0. The van der Waals surface area contributed by atoms with E-state index in [1.54, 1.807) is 7.11 Å². The fraction of sp³-hybridized carbons (Fsp3) is 0.500. The molecule has 1 aliphatic rings. The Bertz CT molecular complexity index is 750. The van der Waals surface area contributed by atoms with Gasteiger partial charge in [-0.15, -0.1) is 11.3 Å². The lowest BCUT2D eigenvalue weighted by atomic mass is 9.85. The maximum absolute atomic E-state index is 12.9. The van der Waals surface area contributed by atoms with E-state index in [2.05, 4.69) is 22.4 Å². The number of likely N-dealkylation sites (tertiary alicyclic amines) is 1. The summed E-state index contributed by atoms with van der Waals surface area (Å²) in [6, 6.07) is 14.4. The summed E-state index contributed by atoms with van der Waals surface area (Å²) in [7, 11) is 1.74. The van der Waals surface area contributed by atoms with E-state index in [1.807, 2.05) is 53.5 Å². The van der Waals surface area contributed by atoms with Gasteiger partial charge in [0.05, 0.1) is 12.1 Å². The number of rotatable bonds is 8. The highest BCUT2D eigenvalue weighted by Crippen LogP contribution is 2.34. The number of hydrogen-bond acceptors (Lipinski definition) is 7. The molecule has 1 aromatic carbocycles. The van der Waals surface area contributed by atoms with Crippen molar-refractivity contribution in [1.29, 1.82) is 0 Å². The molecule has 0 unspecified atom stereocenters. The predicted octanol–water partition coefficient (Wildman–Crippen LogP) is 0.648. The number of piperidine rings is 1. The van der Waals surface area contributed by atoms with Gasteiger partial charge in [0.1, 0.15) is 0 Å². The van der Waals surface area contributed by atoms with E-state index >= 15 is 0 Å². The number of anilines is 1. The number of halogens is 1. The molecular weight excluding hydrogens is 484 g/mol. The van der Waals surface area contributed by atoms with Crippen LogP contribution in [0, 0.1) is 14.8 Å². The number of hydrogen-bond donors (Lipinski definition) is 0. The molecule has 2 aromatic rings. The second kappa shape index (κ2) is 13.3. The van der Waals surface area contributed by atoms with Gasteiger partial charge in [-0.2, -0.15) is 0 Å². The SMILES string of the molecule is CCC(=O)N(c1ccccc1)C1(COC)CCN(CCc2cccs2)CC1.[O-][Br+2]([O-])[O-]. The van der Waals surface area contributed by atoms with Crippen molar-refractivity contribution in [3.05, 3.63) is 52.7 Å². The Balaban J connectivity index is 0.000000785. The fourth-order valence-electron chi connectivity index (χ4n) is 4.03.